The van der Waals surface area contributed by atoms with Crippen LogP contribution in [0.15, 0.2) is 54.6 Å². The van der Waals surface area contributed by atoms with E-state index in [-0.39, 0.29) is 6.03 Å². The fourth-order valence-electron chi connectivity index (χ4n) is 4.26. The van der Waals surface area contributed by atoms with Gasteiger partial charge in [0.15, 0.2) is 0 Å². The number of para-hydroxylation sites is 2. The number of carbonyl (C=O) groups excluding carboxylic acids is 1. The van der Waals surface area contributed by atoms with E-state index in [4.69, 9.17) is 9.72 Å². The van der Waals surface area contributed by atoms with Gasteiger partial charge in [-0.2, -0.15) is 0 Å². The van der Waals surface area contributed by atoms with Gasteiger partial charge in [-0.1, -0.05) is 42.5 Å². The standard InChI is InChI=1S/C26H31N5O2/c1-19-22(18-21-10-5-4-6-11-21)25(28-20(2)27-19)30-14-9-15-31(17-16-30)26(32)29-23-12-7-8-13-24(23)33-3/h4-8,10-13H,9,14-18H2,1-3H3,(H,29,32). The minimum atomic E-state index is -0.110. The van der Waals surface area contributed by atoms with Crippen molar-refractivity contribution in [1.29, 1.82) is 0 Å². The van der Waals surface area contributed by atoms with Gasteiger partial charge in [-0.05, 0) is 38.0 Å². The number of hydrogen-bond donors (Lipinski definition) is 1. The highest BCUT2D eigenvalue weighted by atomic mass is 16.5. The van der Waals surface area contributed by atoms with Gasteiger partial charge in [-0.15, -0.1) is 0 Å². The van der Waals surface area contributed by atoms with Crippen molar-refractivity contribution in [3.8, 4) is 5.75 Å². The largest absolute Gasteiger partial charge is 0.495 e. The molecule has 0 bridgehead atoms. The van der Waals surface area contributed by atoms with Crippen molar-refractivity contribution in [3.63, 3.8) is 0 Å². The number of nitrogens with zero attached hydrogens (tertiary/aromatic N) is 4. The van der Waals surface area contributed by atoms with Crippen molar-refractivity contribution in [3.05, 3.63) is 77.2 Å². The predicted octanol–water partition coefficient (Wildman–Crippen LogP) is 4.44. The maximum absolute atomic E-state index is 13.0. The number of aromatic nitrogens is 2. The van der Waals surface area contributed by atoms with Crippen molar-refractivity contribution >= 4 is 17.5 Å². The molecule has 3 aromatic rings. The van der Waals surface area contributed by atoms with E-state index in [2.05, 4.69) is 46.4 Å². The molecule has 33 heavy (non-hydrogen) atoms. The summed E-state index contributed by atoms with van der Waals surface area (Å²) in [5, 5.41) is 2.99. The smallest absolute Gasteiger partial charge is 0.322 e. The Morgan fingerprint density at radius 2 is 1.73 bits per heavy atom. The molecule has 4 rings (SSSR count). The van der Waals surface area contributed by atoms with E-state index in [0.29, 0.717) is 24.5 Å². The van der Waals surface area contributed by atoms with E-state index in [0.717, 1.165) is 48.8 Å². The molecule has 172 valence electrons. The van der Waals surface area contributed by atoms with Crippen LogP contribution in [0.1, 0.15) is 29.1 Å². The van der Waals surface area contributed by atoms with E-state index in [1.807, 2.05) is 42.2 Å². The molecule has 0 spiro atoms. The van der Waals surface area contributed by atoms with Gasteiger partial charge in [0.1, 0.15) is 17.4 Å². The second kappa shape index (κ2) is 10.3. The zero-order valence-electron chi connectivity index (χ0n) is 19.5. The summed E-state index contributed by atoms with van der Waals surface area (Å²) in [6, 6.07) is 17.8. The topological polar surface area (TPSA) is 70.6 Å². The SMILES string of the molecule is COc1ccccc1NC(=O)N1CCCN(c2nc(C)nc(C)c2Cc2ccccc2)CC1. The number of rotatable bonds is 5. The number of hydrogen-bond acceptors (Lipinski definition) is 5. The van der Waals surface area contributed by atoms with Gasteiger partial charge in [-0.3, -0.25) is 0 Å². The molecule has 0 atom stereocenters. The highest BCUT2D eigenvalue weighted by Crippen LogP contribution is 2.26. The molecule has 2 aromatic carbocycles. The summed E-state index contributed by atoms with van der Waals surface area (Å²) >= 11 is 0. The van der Waals surface area contributed by atoms with E-state index in [1.54, 1.807) is 7.11 Å². The Hall–Kier alpha value is -3.61. The Labute approximate surface area is 195 Å². The molecular weight excluding hydrogens is 414 g/mol. The number of nitrogens with one attached hydrogen (secondary N) is 1. The zero-order chi connectivity index (χ0) is 23.2. The van der Waals surface area contributed by atoms with Crippen LogP contribution in [0.3, 0.4) is 0 Å². The molecule has 0 saturated carbocycles. The maximum atomic E-state index is 13.0. The lowest BCUT2D eigenvalue weighted by Gasteiger charge is -2.26. The van der Waals surface area contributed by atoms with Crippen LogP contribution in [0.4, 0.5) is 16.3 Å². The molecule has 1 N–H and O–H groups in total. The second-order valence-corrected chi connectivity index (χ2v) is 8.28. The third-order valence-electron chi connectivity index (χ3n) is 5.96. The van der Waals surface area contributed by atoms with Crippen molar-refractivity contribution in [2.75, 3.05) is 43.5 Å². The molecule has 1 aromatic heterocycles. The summed E-state index contributed by atoms with van der Waals surface area (Å²) in [6.45, 7) is 6.87. The number of urea groups is 1. The van der Waals surface area contributed by atoms with Crippen LogP contribution in [0.5, 0.6) is 5.75 Å². The normalized spacial score (nSPS) is 14.0. The molecule has 1 fully saturated rings. The van der Waals surface area contributed by atoms with Crippen molar-refractivity contribution in [1.82, 2.24) is 14.9 Å². The Morgan fingerprint density at radius 1 is 0.970 bits per heavy atom. The van der Waals surface area contributed by atoms with Crippen LogP contribution >= 0.6 is 0 Å². The third kappa shape index (κ3) is 5.42. The number of amides is 2. The molecular formula is C26H31N5O2. The van der Waals surface area contributed by atoms with Crippen molar-refractivity contribution in [2.45, 2.75) is 26.7 Å². The molecule has 1 aliphatic rings. The quantitative estimate of drug-likeness (QED) is 0.629. The number of benzene rings is 2. The summed E-state index contributed by atoms with van der Waals surface area (Å²) in [5.41, 5.74) is 4.08. The average Bonchev–Trinajstić information content (AvgIpc) is 3.08. The van der Waals surface area contributed by atoms with Crippen LogP contribution in [-0.2, 0) is 6.42 Å². The lowest BCUT2D eigenvalue weighted by Crippen LogP contribution is -2.38. The highest BCUT2D eigenvalue weighted by molar-refractivity contribution is 5.91. The van der Waals surface area contributed by atoms with E-state index in [1.165, 1.54) is 5.56 Å². The number of methoxy groups -OCH3 is 1. The molecule has 7 nitrogen and oxygen atoms in total. The Bertz CT molecular complexity index is 1100. The van der Waals surface area contributed by atoms with Gasteiger partial charge in [0.05, 0.1) is 12.8 Å². The summed E-state index contributed by atoms with van der Waals surface area (Å²) in [6.07, 6.45) is 1.66. The molecule has 0 radical (unpaired) electrons. The van der Waals surface area contributed by atoms with E-state index < -0.39 is 0 Å². The number of anilines is 2. The molecule has 7 heteroatoms. The first-order valence-corrected chi connectivity index (χ1v) is 11.4. The predicted molar refractivity (Wildman–Crippen MR) is 131 cm³/mol. The first-order chi connectivity index (χ1) is 16.0. The third-order valence-corrected chi connectivity index (χ3v) is 5.96. The summed E-state index contributed by atoms with van der Waals surface area (Å²) in [4.78, 5) is 26.6. The Morgan fingerprint density at radius 3 is 2.52 bits per heavy atom. The van der Waals surface area contributed by atoms with Gasteiger partial charge in [0.2, 0.25) is 0 Å². The van der Waals surface area contributed by atoms with Crippen molar-refractivity contribution < 1.29 is 9.53 Å². The monoisotopic (exact) mass is 445 g/mol. The highest BCUT2D eigenvalue weighted by Gasteiger charge is 2.23. The number of ether oxygens (including phenoxy) is 1. The minimum Gasteiger partial charge on any atom is -0.495 e. The zero-order valence-corrected chi connectivity index (χ0v) is 19.5. The summed E-state index contributed by atoms with van der Waals surface area (Å²) in [5.74, 6) is 2.41. The fraction of sp³-hybridized carbons (Fsp3) is 0.346. The number of carbonyl (C=O) groups is 1. The first kappa shape index (κ1) is 22.6. The second-order valence-electron chi connectivity index (χ2n) is 8.28. The van der Waals surface area contributed by atoms with Crippen molar-refractivity contribution in [2.24, 2.45) is 0 Å². The molecule has 2 heterocycles. The van der Waals surface area contributed by atoms with Gasteiger partial charge < -0.3 is 19.9 Å². The van der Waals surface area contributed by atoms with Gasteiger partial charge in [-0.25, -0.2) is 14.8 Å². The first-order valence-electron chi connectivity index (χ1n) is 11.4. The Kier molecular flexibility index (Phi) is 7.07. The van der Waals surface area contributed by atoms with Gasteiger partial charge >= 0.3 is 6.03 Å². The summed E-state index contributed by atoms with van der Waals surface area (Å²) < 4.78 is 5.36. The van der Waals surface area contributed by atoms with E-state index in [9.17, 15) is 4.79 Å². The van der Waals surface area contributed by atoms with Crippen LogP contribution in [0.25, 0.3) is 0 Å². The van der Waals surface area contributed by atoms with Gasteiger partial charge in [0, 0.05) is 43.9 Å². The maximum Gasteiger partial charge on any atom is 0.322 e. The van der Waals surface area contributed by atoms with Crippen LogP contribution in [0, 0.1) is 13.8 Å². The molecule has 1 saturated heterocycles. The molecule has 0 aliphatic carbocycles. The molecule has 0 unspecified atom stereocenters. The van der Waals surface area contributed by atoms with Crippen LogP contribution in [0.2, 0.25) is 0 Å². The lowest BCUT2D eigenvalue weighted by molar-refractivity contribution is 0.215. The fourth-order valence-corrected chi connectivity index (χ4v) is 4.26. The van der Waals surface area contributed by atoms with Gasteiger partial charge in [0.25, 0.3) is 0 Å². The molecule has 2 amide bonds. The lowest BCUT2D eigenvalue weighted by atomic mass is 10.0. The van der Waals surface area contributed by atoms with E-state index >= 15 is 0 Å². The van der Waals surface area contributed by atoms with Crippen LogP contribution < -0.4 is 15.0 Å². The minimum absolute atomic E-state index is 0.110. The average molecular weight is 446 g/mol. The number of aryl methyl sites for hydroxylation is 2. The Balaban J connectivity index is 1.50. The molecule has 1 aliphatic heterocycles. The van der Waals surface area contributed by atoms with Crippen LogP contribution in [-0.4, -0.2) is 54.2 Å². The summed E-state index contributed by atoms with van der Waals surface area (Å²) in [7, 11) is 1.60.